The minimum Gasteiger partial charge on any atom is -0.333 e. The molecule has 1 aromatic heterocycles. The third-order valence-corrected chi connectivity index (χ3v) is 3.14. The highest BCUT2D eigenvalue weighted by atomic mass is 15.1. The largest absolute Gasteiger partial charge is 0.333 e. The van der Waals surface area contributed by atoms with E-state index in [-0.39, 0.29) is 0 Å². The number of nitrogens with one attached hydrogen (secondary N) is 1. The Kier molecular flexibility index (Phi) is 6.16. The number of aromatic nitrogens is 2. The second kappa shape index (κ2) is 7.44. The second-order valence-electron chi connectivity index (χ2n) is 4.40. The van der Waals surface area contributed by atoms with E-state index in [2.05, 4.69) is 35.6 Å². The molecule has 3 nitrogen and oxygen atoms in total. The summed E-state index contributed by atoms with van der Waals surface area (Å²) in [6.07, 6.45) is 7.61. The van der Waals surface area contributed by atoms with Crippen LogP contribution >= 0.6 is 0 Å². The minimum absolute atomic E-state index is 0.777. The average Bonchev–Trinajstić information content (AvgIpc) is 2.74. The summed E-state index contributed by atoms with van der Waals surface area (Å²) in [6, 6.07) is 0. The molecule has 16 heavy (non-hydrogen) atoms. The predicted octanol–water partition coefficient (Wildman–Crippen LogP) is 2.82. The Labute approximate surface area is 99.3 Å². The molecule has 0 bridgehead atoms. The molecular formula is C13H25N3. The van der Waals surface area contributed by atoms with Gasteiger partial charge in [0.1, 0.15) is 0 Å². The normalized spacial score (nSPS) is 11.2. The maximum atomic E-state index is 4.25. The smallest absolute Gasteiger partial charge is 0.0948 e. The van der Waals surface area contributed by atoms with Crippen LogP contribution in [0.3, 0.4) is 0 Å². The SMILES string of the molecule is CCCNCc1cncn1CC(CC)CC. The molecule has 0 amide bonds. The lowest BCUT2D eigenvalue weighted by Crippen LogP contribution is -2.18. The van der Waals surface area contributed by atoms with Gasteiger partial charge < -0.3 is 9.88 Å². The number of nitrogens with zero attached hydrogens (tertiary/aromatic N) is 2. The van der Waals surface area contributed by atoms with Gasteiger partial charge in [0.2, 0.25) is 0 Å². The fourth-order valence-electron chi connectivity index (χ4n) is 1.88. The second-order valence-corrected chi connectivity index (χ2v) is 4.40. The molecule has 1 rings (SSSR count). The maximum Gasteiger partial charge on any atom is 0.0948 e. The third kappa shape index (κ3) is 3.97. The summed E-state index contributed by atoms with van der Waals surface area (Å²) in [5.41, 5.74) is 1.31. The Morgan fingerprint density at radius 2 is 2.06 bits per heavy atom. The molecule has 0 spiro atoms. The molecule has 0 aliphatic heterocycles. The molecule has 0 atom stereocenters. The Morgan fingerprint density at radius 3 is 2.69 bits per heavy atom. The van der Waals surface area contributed by atoms with Gasteiger partial charge in [0.15, 0.2) is 0 Å². The van der Waals surface area contributed by atoms with E-state index in [9.17, 15) is 0 Å². The molecule has 0 unspecified atom stereocenters. The van der Waals surface area contributed by atoms with Crippen molar-refractivity contribution in [3.8, 4) is 0 Å². The highest BCUT2D eigenvalue weighted by Crippen LogP contribution is 2.12. The van der Waals surface area contributed by atoms with Crippen molar-refractivity contribution in [1.82, 2.24) is 14.9 Å². The van der Waals surface area contributed by atoms with E-state index in [1.54, 1.807) is 0 Å². The van der Waals surface area contributed by atoms with Crippen LogP contribution in [0.1, 0.15) is 45.7 Å². The molecule has 0 saturated heterocycles. The summed E-state index contributed by atoms with van der Waals surface area (Å²) in [7, 11) is 0. The Bertz CT molecular complexity index is 276. The van der Waals surface area contributed by atoms with Gasteiger partial charge in [-0.05, 0) is 18.9 Å². The first kappa shape index (κ1) is 13.2. The lowest BCUT2D eigenvalue weighted by atomic mass is 10.0. The molecule has 0 radical (unpaired) electrons. The van der Waals surface area contributed by atoms with Gasteiger partial charge in [0.25, 0.3) is 0 Å². The van der Waals surface area contributed by atoms with Crippen LogP contribution in [0.4, 0.5) is 0 Å². The van der Waals surface area contributed by atoms with Crippen molar-refractivity contribution in [1.29, 1.82) is 0 Å². The Balaban J connectivity index is 2.49. The van der Waals surface area contributed by atoms with Crippen LogP contribution in [-0.4, -0.2) is 16.1 Å². The number of hydrogen-bond donors (Lipinski definition) is 1. The van der Waals surface area contributed by atoms with E-state index in [4.69, 9.17) is 0 Å². The summed E-state index contributed by atoms with van der Waals surface area (Å²) >= 11 is 0. The Morgan fingerprint density at radius 1 is 1.31 bits per heavy atom. The van der Waals surface area contributed by atoms with E-state index in [1.165, 1.54) is 25.0 Å². The zero-order valence-corrected chi connectivity index (χ0v) is 10.9. The fourth-order valence-corrected chi connectivity index (χ4v) is 1.88. The van der Waals surface area contributed by atoms with Crippen molar-refractivity contribution in [3.05, 3.63) is 18.2 Å². The van der Waals surface area contributed by atoms with Crippen LogP contribution in [0.25, 0.3) is 0 Å². The van der Waals surface area contributed by atoms with Gasteiger partial charge in [-0.15, -0.1) is 0 Å². The highest BCUT2D eigenvalue weighted by Gasteiger charge is 2.07. The predicted molar refractivity (Wildman–Crippen MR) is 68.3 cm³/mol. The Hall–Kier alpha value is -0.830. The maximum absolute atomic E-state index is 4.25. The topological polar surface area (TPSA) is 29.9 Å². The van der Waals surface area contributed by atoms with Crippen LogP contribution in [0, 0.1) is 5.92 Å². The van der Waals surface area contributed by atoms with Crippen molar-refractivity contribution in [2.45, 2.75) is 53.1 Å². The van der Waals surface area contributed by atoms with E-state index >= 15 is 0 Å². The van der Waals surface area contributed by atoms with E-state index in [1.807, 2.05) is 12.5 Å². The highest BCUT2D eigenvalue weighted by molar-refractivity contribution is 4.98. The van der Waals surface area contributed by atoms with Gasteiger partial charge >= 0.3 is 0 Å². The van der Waals surface area contributed by atoms with Gasteiger partial charge in [-0.25, -0.2) is 4.98 Å². The molecule has 0 aromatic carbocycles. The molecule has 0 fully saturated rings. The number of rotatable bonds is 8. The molecule has 3 heteroatoms. The molecule has 0 aliphatic rings. The summed E-state index contributed by atoms with van der Waals surface area (Å²) in [5, 5.41) is 3.43. The average molecular weight is 223 g/mol. The standard InChI is InChI=1S/C13H25N3/c1-4-7-14-8-13-9-15-11-16(13)10-12(5-2)6-3/h9,11-12,14H,4-8,10H2,1-3H3. The quantitative estimate of drug-likeness (QED) is 0.687. The first-order valence-corrected chi connectivity index (χ1v) is 6.51. The lowest BCUT2D eigenvalue weighted by Gasteiger charge is -2.15. The summed E-state index contributed by atoms with van der Waals surface area (Å²) in [5.74, 6) is 0.777. The summed E-state index contributed by atoms with van der Waals surface area (Å²) < 4.78 is 2.29. The van der Waals surface area contributed by atoms with Crippen molar-refractivity contribution in [2.75, 3.05) is 6.54 Å². The molecule has 0 saturated carbocycles. The van der Waals surface area contributed by atoms with Crippen molar-refractivity contribution in [2.24, 2.45) is 5.92 Å². The van der Waals surface area contributed by atoms with E-state index in [0.29, 0.717) is 0 Å². The molecule has 0 aliphatic carbocycles. The first-order valence-electron chi connectivity index (χ1n) is 6.51. The van der Waals surface area contributed by atoms with Crippen LogP contribution in [-0.2, 0) is 13.1 Å². The third-order valence-electron chi connectivity index (χ3n) is 3.14. The monoisotopic (exact) mass is 223 g/mol. The lowest BCUT2D eigenvalue weighted by molar-refractivity contribution is 0.409. The van der Waals surface area contributed by atoms with Gasteiger partial charge in [0, 0.05) is 19.3 Å². The van der Waals surface area contributed by atoms with Gasteiger partial charge in [-0.1, -0.05) is 33.6 Å². The molecule has 1 heterocycles. The molecule has 1 N–H and O–H groups in total. The van der Waals surface area contributed by atoms with Crippen LogP contribution in [0.15, 0.2) is 12.5 Å². The van der Waals surface area contributed by atoms with Crippen LogP contribution in [0.5, 0.6) is 0 Å². The molecule has 1 aromatic rings. The zero-order valence-electron chi connectivity index (χ0n) is 10.9. The minimum atomic E-state index is 0.777. The number of hydrogen-bond acceptors (Lipinski definition) is 2. The van der Waals surface area contributed by atoms with Crippen molar-refractivity contribution < 1.29 is 0 Å². The zero-order chi connectivity index (χ0) is 11.8. The van der Waals surface area contributed by atoms with Crippen LogP contribution < -0.4 is 5.32 Å². The van der Waals surface area contributed by atoms with E-state index in [0.717, 1.165) is 25.6 Å². The number of imidazole rings is 1. The van der Waals surface area contributed by atoms with Crippen molar-refractivity contribution in [3.63, 3.8) is 0 Å². The summed E-state index contributed by atoms with van der Waals surface area (Å²) in [6.45, 7) is 9.84. The first-order chi connectivity index (χ1) is 7.81. The summed E-state index contributed by atoms with van der Waals surface area (Å²) in [4.78, 5) is 4.25. The van der Waals surface area contributed by atoms with Gasteiger partial charge in [0.05, 0.1) is 12.0 Å². The fraction of sp³-hybridized carbons (Fsp3) is 0.769. The van der Waals surface area contributed by atoms with Crippen LogP contribution in [0.2, 0.25) is 0 Å². The van der Waals surface area contributed by atoms with Crippen molar-refractivity contribution >= 4 is 0 Å². The van der Waals surface area contributed by atoms with Gasteiger partial charge in [-0.3, -0.25) is 0 Å². The molecule has 92 valence electrons. The van der Waals surface area contributed by atoms with Gasteiger partial charge in [-0.2, -0.15) is 0 Å². The molecular weight excluding hydrogens is 198 g/mol. The van der Waals surface area contributed by atoms with E-state index < -0.39 is 0 Å².